The summed E-state index contributed by atoms with van der Waals surface area (Å²) >= 11 is 6.36. The van der Waals surface area contributed by atoms with Crippen LogP contribution in [0.1, 0.15) is 36.1 Å². The lowest BCUT2D eigenvalue weighted by Gasteiger charge is -2.41. The van der Waals surface area contributed by atoms with Gasteiger partial charge < -0.3 is 19.4 Å². The van der Waals surface area contributed by atoms with Crippen LogP contribution in [0.15, 0.2) is 30.9 Å². The third-order valence-electron chi connectivity index (χ3n) is 7.85. The van der Waals surface area contributed by atoms with Gasteiger partial charge in [0, 0.05) is 55.9 Å². The Bertz CT molecular complexity index is 1290. The van der Waals surface area contributed by atoms with Crippen molar-refractivity contribution in [3.05, 3.63) is 58.5 Å². The number of carbonyl (C=O) groups excluding carboxylic acids is 1. The molecule has 5 rings (SSSR count). The van der Waals surface area contributed by atoms with Crippen molar-refractivity contribution < 1.29 is 13.9 Å². The first-order chi connectivity index (χ1) is 18.9. The highest BCUT2D eigenvalue weighted by molar-refractivity contribution is 6.31. The summed E-state index contributed by atoms with van der Waals surface area (Å²) in [6.07, 6.45) is 3.73. The summed E-state index contributed by atoms with van der Waals surface area (Å²) in [6, 6.07) is 6.99. The number of nitriles is 1. The summed E-state index contributed by atoms with van der Waals surface area (Å²) in [7, 11) is 2.10. The lowest BCUT2D eigenvalue weighted by molar-refractivity contribution is -0.128. The van der Waals surface area contributed by atoms with Crippen molar-refractivity contribution >= 4 is 23.3 Å². The third-order valence-corrected chi connectivity index (χ3v) is 8.22. The molecule has 0 unspecified atom stereocenters. The van der Waals surface area contributed by atoms with E-state index < -0.39 is 0 Å². The van der Waals surface area contributed by atoms with Crippen LogP contribution >= 0.6 is 11.6 Å². The van der Waals surface area contributed by atoms with E-state index in [4.69, 9.17) is 26.3 Å². The lowest BCUT2D eigenvalue weighted by atomic mass is 10.1. The Hall–Kier alpha value is -3.26. The molecule has 0 radical (unpaired) electrons. The van der Waals surface area contributed by atoms with Crippen molar-refractivity contribution in [3.8, 4) is 12.1 Å². The van der Waals surface area contributed by atoms with Gasteiger partial charge in [0.2, 0.25) is 5.91 Å². The summed E-state index contributed by atoms with van der Waals surface area (Å²) in [5.74, 6) is 0.261. The number of benzene rings is 1. The molecule has 2 fully saturated rings. The van der Waals surface area contributed by atoms with Crippen molar-refractivity contribution in [1.82, 2.24) is 24.7 Å². The molecule has 2 saturated heterocycles. The van der Waals surface area contributed by atoms with Gasteiger partial charge in [-0.3, -0.25) is 9.69 Å². The molecule has 9 nitrogen and oxygen atoms in total. The maximum atomic E-state index is 13.9. The maximum Gasteiger partial charge on any atom is 0.318 e. The minimum Gasteiger partial charge on any atom is -0.462 e. The molecule has 0 saturated carbocycles. The van der Waals surface area contributed by atoms with E-state index in [1.54, 1.807) is 11.0 Å². The minimum atomic E-state index is -0.324. The number of piperazine rings is 1. The van der Waals surface area contributed by atoms with Gasteiger partial charge in [-0.2, -0.15) is 15.2 Å². The van der Waals surface area contributed by atoms with Crippen LogP contribution < -0.4 is 9.64 Å². The van der Waals surface area contributed by atoms with Gasteiger partial charge in [0.25, 0.3) is 0 Å². The molecule has 0 aliphatic carbocycles. The van der Waals surface area contributed by atoms with E-state index in [1.165, 1.54) is 18.2 Å². The molecule has 1 aromatic carbocycles. The highest BCUT2D eigenvalue weighted by Gasteiger charge is 2.34. The zero-order valence-corrected chi connectivity index (χ0v) is 22.9. The van der Waals surface area contributed by atoms with Crippen LogP contribution in [-0.2, 0) is 24.4 Å². The number of likely N-dealkylation sites (N-methyl/N-ethyl adjacent to an activating group) is 1. The summed E-state index contributed by atoms with van der Waals surface area (Å²) in [5.41, 5.74) is 2.56. The number of rotatable bonds is 8. The maximum absolute atomic E-state index is 13.9. The molecule has 3 aliphatic rings. The van der Waals surface area contributed by atoms with Gasteiger partial charge in [0.05, 0.1) is 24.2 Å². The molecule has 11 heteroatoms. The van der Waals surface area contributed by atoms with E-state index >= 15 is 0 Å². The van der Waals surface area contributed by atoms with Crippen LogP contribution in [0.5, 0.6) is 6.01 Å². The van der Waals surface area contributed by atoms with Gasteiger partial charge in [0.1, 0.15) is 18.2 Å². The normalized spacial score (nSPS) is 21.6. The first-order valence-electron chi connectivity index (χ1n) is 13.3. The van der Waals surface area contributed by atoms with Gasteiger partial charge in [-0.05, 0) is 56.3 Å². The number of aromatic nitrogens is 2. The SMILES string of the molecule is C=CC(=O)N1CCN(c2nc(OC[C@@H]3CCCN3C)nc3c2CN(Cc2cc(F)ccc2Cl)C3)C[C@@H]1CC#N. The van der Waals surface area contributed by atoms with Crippen molar-refractivity contribution in [2.45, 2.75) is 51.0 Å². The van der Waals surface area contributed by atoms with Gasteiger partial charge >= 0.3 is 6.01 Å². The highest BCUT2D eigenvalue weighted by Crippen LogP contribution is 2.34. The van der Waals surface area contributed by atoms with Crippen LogP contribution in [0.25, 0.3) is 0 Å². The molecule has 0 bridgehead atoms. The Morgan fingerprint density at radius 1 is 1.28 bits per heavy atom. The Kier molecular flexibility index (Phi) is 8.31. The summed E-state index contributed by atoms with van der Waals surface area (Å²) in [4.78, 5) is 30.4. The predicted molar refractivity (Wildman–Crippen MR) is 146 cm³/mol. The van der Waals surface area contributed by atoms with E-state index in [-0.39, 0.29) is 24.2 Å². The monoisotopic (exact) mass is 553 g/mol. The van der Waals surface area contributed by atoms with Gasteiger partial charge in [-0.1, -0.05) is 18.2 Å². The predicted octanol–water partition coefficient (Wildman–Crippen LogP) is 3.37. The zero-order valence-electron chi connectivity index (χ0n) is 22.2. The molecular weight excluding hydrogens is 521 g/mol. The number of anilines is 1. The number of hydrogen-bond donors (Lipinski definition) is 0. The molecule has 206 valence electrons. The Morgan fingerprint density at radius 2 is 2.13 bits per heavy atom. The average molecular weight is 554 g/mol. The van der Waals surface area contributed by atoms with Crippen LogP contribution in [0.2, 0.25) is 5.02 Å². The second-order valence-electron chi connectivity index (χ2n) is 10.4. The molecule has 4 heterocycles. The number of ether oxygens (including phenoxy) is 1. The van der Waals surface area contributed by atoms with Crippen LogP contribution in [0.4, 0.5) is 10.2 Å². The van der Waals surface area contributed by atoms with Gasteiger partial charge in [-0.15, -0.1) is 0 Å². The summed E-state index contributed by atoms with van der Waals surface area (Å²) < 4.78 is 20.1. The van der Waals surface area contributed by atoms with Crippen molar-refractivity contribution in [2.24, 2.45) is 0 Å². The Morgan fingerprint density at radius 3 is 2.87 bits per heavy atom. The van der Waals surface area contributed by atoms with Crippen LogP contribution in [-0.4, -0.2) is 82.5 Å². The molecule has 1 amide bonds. The third kappa shape index (κ3) is 6.01. The number of hydrogen-bond acceptors (Lipinski definition) is 8. The first-order valence-corrected chi connectivity index (χ1v) is 13.7. The first kappa shape index (κ1) is 27.3. The zero-order chi connectivity index (χ0) is 27.5. The number of halogens is 2. The quantitative estimate of drug-likeness (QED) is 0.460. The number of nitrogens with zero attached hydrogens (tertiary/aromatic N) is 7. The lowest BCUT2D eigenvalue weighted by Crippen LogP contribution is -2.55. The smallest absolute Gasteiger partial charge is 0.318 e. The summed E-state index contributed by atoms with van der Waals surface area (Å²) in [6.45, 7) is 8.25. The molecule has 2 atom stereocenters. The average Bonchev–Trinajstić information content (AvgIpc) is 3.53. The van der Waals surface area contributed by atoms with Gasteiger partial charge in [-0.25, -0.2) is 4.39 Å². The van der Waals surface area contributed by atoms with Crippen LogP contribution in [0.3, 0.4) is 0 Å². The molecule has 2 aromatic rings. The van der Waals surface area contributed by atoms with E-state index in [0.717, 1.165) is 36.5 Å². The summed E-state index contributed by atoms with van der Waals surface area (Å²) in [5, 5.41) is 9.95. The van der Waals surface area contributed by atoms with E-state index in [0.29, 0.717) is 68.5 Å². The fourth-order valence-corrected chi connectivity index (χ4v) is 5.90. The molecule has 0 N–H and O–H groups in total. The minimum absolute atomic E-state index is 0.175. The fraction of sp³-hybridized carbons (Fsp3) is 0.500. The second kappa shape index (κ2) is 11.9. The largest absolute Gasteiger partial charge is 0.462 e. The molecule has 1 aromatic heterocycles. The van der Waals surface area contributed by atoms with Crippen molar-refractivity contribution in [2.75, 3.05) is 44.7 Å². The fourth-order valence-electron chi connectivity index (χ4n) is 5.72. The second-order valence-corrected chi connectivity index (χ2v) is 10.8. The standard InChI is InChI=1S/C28H33ClFN7O2/c1-3-26(38)37-12-11-36(15-21(37)8-9-31)27-23-16-35(14-19-13-20(30)6-7-24(19)29)17-25(23)32-28(33-27)39-18-22-5-4-10-34(22)2/h3,6-7,13,21-22H,1,4-5,8,10-12,14-18H2,2H3/t21-,22-/m0/s1. The number of likely N-dealkylation sites (tertiary alicyclic amines) is 1. The van der Waals surface area contributed by atoms with Crippen LogP contribution in [0, 0.1) is 17.1 Å². The van der Waals surface area contributed by atoms with E-state index in [9.17, 15) is 14.4 Å². The molecule has 3 aliphatic heterocycles. The Labute approximate surface area is 233 Å². The molecule has 39 heavy (non-hydrogen) atoms. The number of amides is 1. The highest BCUT2D eigenvalue weighted by atomic mass is 35.5. The Balaban J connectivity index is 1.41. The molecular formula is C28H33ClFN7O2. The number of fused-ring (bicyclic) bond motifs is 1. The topological polar surface area (TPSA) is 88.8 Å². The van der Waals surface area contributed by atoms with E-state index in [1.807, 2.05) is 0 Å². The number of carbonyl (C=O) groups is 1. The van der Waals surface area contributed by atoms with Crippen molar-refractivity contribution in [3.63, 3.8) is 0 Å². The van der Waals surface area contributed by atoms with E-state index in [2.05, 4.69) is 34.4 Å². The molecule has 0 spiro atoms. The van der Waals surface area contributed by atoms with Crippen molar-refractivity contribution in [1.29, 1.82) is 5.26 Å². The van der Waals surface area contributed by atoms with Gasteiger partial charge in [0.15, 0.2) is 0 Å².